The van der Waals surface area contributed by atoms with E-state index in [1.807, 2.05) is 18.4 Å². The smallest absolute Gasteiger partial charge is 0.0972 e. The van der Waals surface area contributed by atoms with E-state index in [-0.39, 0.29) is 6.10 Å². The Hall–Kier alpha value is 0.490. The molecule has 11 heavy (non-hydrogen) atoms. The molecule has 0 aliphatic carbocycles. The fourth-order valence-corrected chi connectivity index (χ4v) is 2.76. The van der Waals surface area contributed by atoms with Crippen molar-refractivity contribution < 1.29 is 5.11 Å². The molecule has 1 aromatic rings. The first-order valence-electron chi connectivity index (χ1n) is 3.16. The molecule has 1 nitrogen and oxygen atoms in total. The van der Waals surface area contributed by atoms with Crippen LogP contribution in [-0.2, 0) is 0 Å². The summed E-state index contributed by atoms with van der Waals surface area (Å²) in [6.07, 6.45) is 1.69. The van der Waals surface area contributed by atoms with Crippen molar-refractivity contribution >= 4 is 39.0 Å². The highest BCUT2D eigenvalue weighted by atomic mass is 79.9. The molecule has 0 aliphatic rings. The molecule has 0 fully saturated rings. The van der Waals surface area contributed by atoms with Crippen LogP contribution in [0.1, 0.15) is 11.0 Å². The van der Waals surface area contributed by atoms with Crippen molar-refractivity contribution in [3.05, 3.63) is 20.8 Å². The van der Waals surface area contributed by atoms with Crippen molar-refractivity contribution in [2.75, 3.05) is 12.0 Å². The third-order valence-electron chi connectivity index (χ3n) is 1.25. The van der Waals surface area contributed by atoms with Crippen LogP contribution < -0.4 is 0 Å². The molecule has 0 bridgehead atoms. The molecule has 1 unspecified atom stereocenters. The normalized spacial score (nSPS) is 13.4. The Morgan fingerprint density at radius 2 is 2.45 bits per heavy atom. The van der Waals surface area contributed by atoms with Gasteiger partial charge in [0.1, 0.15) is 0 Å². The Morgan fingerprint density at radius 1 is 1.73 bits per heavy atom. The molecule has 4 heteroatoms. The minimum Gasteiger partial charge on any atom is -0.387 e. The standard InChI is InChI=1S/C7H9BrOS2/c1-10-4-5(9)6-2-3-7(8)11-6/h2-3,5,9H,4H2,1H3. The number of thioether (sulfide) groups is 1. The lowest BCUT2D eigenvalue weighted by atomic mass is 10.3. The highest BCUT2D eigenvalue weighted by molar-refractivity contribution is 9.11. The van der Waals surface area contributed by atoms with Crippen LogP contribution in [0.15, 0.2) is 15.9 Å². The van der Waals surface area contributed by atoms with E-state index < -0.39 is 0 Å². The third-order valence-corrected chi connectivity index (χ3v) is 3.62. The van der Waals surface area contributed by atoms with Crippen LogP contribution in [-0.4, -0.2) is 17.1 Å². The summed E-state index contributed by atoms with van der Waals surface area (Å²) in [6, 6.07) is 3.92. The van der Waals surface area contributed by atoms with E-state index in [2.05, 4.69) is 15.9 Å². The Balaban J connectivity index is 2.60. The van der Waals surface area contributed by atoms with Crippen molar-refractivity contribution in [2.45, 2.75) is 6.10 Å². The summed E-state index contributed by atoms with van der Waals surface area (Å²) in [6.45, 7) is 0. The molecule has 0 aromatic carbocycles. The summed E-state index contributed by atoms with van der Waals surface area (Å²) in [7, 11) is 0. The largest absolute Gasteiger partial charge is 0.387 e. The van der Waals surface area contributed by atoms with E-state index >= 15 is 0 Å². The topological polar surface area (TPSA) is 20.2 Å². The predicted molar refractivity (Wildman–Crippen MR) is 55.4 cm³/mol. The highest BCUT2D eigenvalue weighted by Gasteiger charge is 2.08. The number of thiophene rings is 1. The molecule has 0 saturated heterocycles. The molecular formula is C7H9BrOS2. The maximum atomic E-state index is 9.50. The van der Waals surface area contributed by atoms with Crippen LogP contribution in [0.2, 0.25) is 0 Å². The molecule has 1 N–H and O–H groups in total. The van der Waals surface area contributed by atoms with E-state index in [4.69, 9.17) is 0 Å². The van der Waals surface area contributed by atoms with E-state index in [0.29, 0.717) is 0 Å². The summed E-state index contributed by atoms with van der Waals surface area (Å²) in [5.74, 6) is 0.771. The lowest BCUT2D eigenvalue weighted by molar-refractivity contribution is 0.208. The maximum absolute atomic E-state index is 9.50. The Bertz CT molecular complexity index is 224. The number of rotatable bonds is 3. The number of aliphatic hydroxyl groups is 1. The quantitative estimate of drug-likeness (QED) is 0.893. The fraction of sp³-hybridized carbons (Fsp3) is 0.429. The van der Waals surface area contributed by atoms with Crippen molar-refractivity contribution in [1.82, 2.24) is 0 Å². The second-order valence-corrected chi connectivity index (χ2v) is 5.52. The predicted octanol–water partition coefficient (Wildman–Crippen LogP) is 2.91. The van der Waals surface area contributed by atoms with Crippen molar-refractivity contribution in [2.24, 2.45) is 0 Å². The zero-order chi connectivity index (χ0) is 8.27. The van der Waals surface area contributed by atoms with Crippen LogP contribution in [0.25, 0.3) is 0 Å². The monoisotopic (exact) mass is 252 g/mol. The SMILES string of the molecule is CSCC(O)c1ccc(Br)s1. The molecule has 0 aliphatic heterocycles. The Labute approximate surface area is 83.0 Å². The van der Waals surface area contributed by atoms with Crippen LogP contribution in [0.4, 0.5) is 0 Å². The van der Waals surface area contributed by atoms with E-state index in [0.717, 1.165) is 14.4 Å². The van der Waals surface area contributed by atoms with Crippen molar-refractivity contribution in [1.29, 1.82) is 0 Å². The van der Waals surface area contributed by atoms with Gasteiger partial charge in [-0.3, -0.25) is 0 Å². The molecule has 1 rings (SSSR count). The average molecular weight is 253 g/mol. The molecule has 62 valence electrons. The number of halogens is 1. The maximum Gasteiger partial charge on any atom is 0.0972 e. The van der Waals surface area contributed by atoms with Gasteiger partial charge in [0.05, 0.1) is 9.89 Å². The zero-order valence-electron chi connectivity index (χ0n) is 6.08. The minimum absolute atomic E-state index is 0.304. The van der Waals surface area contributed by atoms with Gasteiger partial charge < -0.3 is 5.11 Å². The second-order valence-electron chi connectivity index (χ2n) is 2.11. The molecular weight excluding hydrogens is 244 g/mol. The Kier molecular flexibility index (Phi) is 3.92. The van der Waals surface area contributed by atoms with Gasteiger partial charge in [-0.25, -0.2) is 0 Å². The average Bonchev–Trinajstić information content (AvgIpc) is 2.36. The van der Waals surface area contributed by atoms with Gasteiger partial charge in [-0.1, -0.05) is 0 Å². The number of hydrogen-bond acceptors (Lipinski definition) is 3. The van der Waals surface area contributed by atoms with Gasteiger partial charge in [-0.05, 0) is 34.3 Å². The molecule has 0 radical (unpaired) electrons. The Morgan fingerprint density at radius 3 is 2.91 bits per heavy atom. The molecule has 0 saturated carbocycles. The minimum atomic E-state index is -0.304. The summed E-state index contributed by atoms with van der Waals surface area (Å²) in [5, 5.41) is 9.50. The van der Waals surface area contributed by atoms with Crippen LogP contribution in [0, 0.1) is 0 Å². The van der Waals surface area contributed by atoms with E-state index in [1.54, 1.807) is 23.1 Å². The van der Waals surface area contributed by atoms with Gasteiger partial charge in [0.25, 0.3) is 0 Å². The summed E-state index contributed by atoms with van der Waals surface area (Å²) < 4.78 is 1.08. The van der Waals surface area contributed by atoms with Crippen molar-refractivity contribution in [3.8, 4) is 0 Å². The lowest BCUT2D eigenvalue weighted by Gasteiger charge is -2.04. The van der Waals surface area contributed by atoms with Crippen LogP contribution in [0.3, 0.4) is 0 Å². The molecule has 1 atom stereocenters. The van der Waals surface area contributed by atoms with Crippen LogP contribution in [0.5, 0.6) is 0 Å². The van der Waals surface area contributed by atoms with Gasteiger partial charge in [0, 0.05) is 10.6 Å². The molecule has 0 amide bonds. The summed E-state index contributed by atoms with van der Waals surface area (Å²) >= 11 is 6.60. The first-order valence-corrected chi connectivity index (χ1v) is 6.16. The van der Waals surface area contributed by atoms with E-state index in [9.17, 15) is 5.11 Å². The lowest BCUT2D eigenvalue weighted by Crippen LogP contribution is -1.96. The van der Waals surface area contributed by atoms with Gasteiger partial charge in [-0.15, -0.1) is 11.3 Å². The zero-order valence-corrected chi connectivity index (χ0v) is 9.30. The van der Waals surface area contributed by atoms with Gasteiger partial charge >= 0.3 is 0 Å². The molecule has 1 aromatic heterocycles. The van der Waals surface area contributed by atoms with Crippen molar-refractivity contribution in [3.63, 3.8) is 0 Å². The van der Waals surface area contributed by atoms with E-state index in [1.165, 1.54) is 0 Å². The number of aliphatic hydroxyl groups excluding tert-OH is 1. The molecule has 1 heterocycles. The second kappa shape index (κ2) is 4.50. The summed E-state index contributed by atoms with van der Waals surface area (Å²) in [4.78, 5) is 1.03. The summed E-state index contributed by atoms with van der Waals surface area (Å²) in [5.41, 5.74) is 0. The molecule has 0 spiro atoms. The van der Waals surface area contributed by atoms with Crippen LogP contribution >= 0.6 is 39.0 Å². The third kappa shape index (κ3) is 2.78. The first kappa shape index (κ1) is 9.58. The first-order chi connectivity index (χ1) is 5.24. The fourth-order valence-electron chi connectivity index (χ4n) is 0.747. The number of hydrogen-bond donors (Lipinski definition) is 1. The highest BCUT2D eigenvalue weighted by Crippen LogP contribution is 2.28. The van der Waals surface area contributed by atoms with Gasteiger partial charge in [0.2, 0.25) is 0 Å². The van der Waals surface area contributed by atoms with Gasteiger partial charge in [-0.2, -0.15) is 11.8 Å². The van der Waals surface area contributed by atoms with Gasteiger partial charge in [0.15, 0.2) is 0 Å².